The molecule has 2 bridgehead atoms. The van der Waals surface area contributed by atoms with Gasteiger partial charge in [0.05, 0.1) is 18.3 Å². The Morgan fingerprint density at radius 3 is 3.06 bits per heavy atom. The smallest absolute Gasteiger partial charge is 0.0732 e. The molecule has 0 aromatic carbocycles. The highest BCUT2D eigenvalue weighted by molar-refractivity contribution is 5.14. The summed E-state index contributed by atoms with van der Waals surface area (Å²) in [7, 11) is 2.16. The third kappa shape index (κ3) is 1.45. The van der Waals surface area contributed by atoms with E-state index in [1.807, 2.05) is 6.92 Å². The first-order valence-corrected chi connectivity index (χ1v) is 6.65. The fourth-order valence-electron chi connectivity index (χ4n) is 4.41. The molecule has 2 saturated heterocycles. The highest BCUT2D eigenvalue weighted by Crippen LogP contribution is 2.60. The molecule has 5 unspecified atom stereocenters. The molecule has 0 aromatic heterocycles. The van der Waals surface area contributed by atoms with Gasteiger partial charge in [-0.1, -0.05) is 0 Å². The molecule has 1 N–H and O–H groups in total. The molecule has 0 radical (unpaired) electrons. The number of hydrogen-bond donors (Lipinski definition) is 1. The normalized spacial score (nSPS) is 47.6. The Labute approximate surface area is 97.8 Å². The summed E-state index contributed by atoms with van der Waals surface area (Å²) in [6.45, 7) is 3.66. The van der Waals surface area contributed by atoms with Gasteiger partial charge in [-0.15, -0.1) is 0 Å². The maximum Gasteiger partial charge on any atom is 0.0732 e. The number of hydrogen-bond acceptors (Lipinski definition) is 3. The predicted molar refractivity (Wildman–Crippen MR) is 62.2 cm³/mol. The molecule has 92 valence electrons. The van der Waals surface area contributed by atoms with Crippen LogP contribution < -0.4 is 0 Å². The monoisotopic (exact) mass is 225 g/mol. The van der Waals surface area contributed by atoms with Crippen molar-refractivity contribution in [1.82, 2.24) is 4.90 Å². The average molecular weight is 225 g/mol. The molecule has 1 spiro atoms. The maximum absolute atomic E-state index is 9.50. The second kappa shape index (κ2) is 3.69. The Kier molecular flexibility index (Phi) is 2.54. The van der Waals surface area contributed by atoms with Crippen LogP contribution >= 0.6 is 0 Å². The molecular formula is C13H23NO2. The van der Waals surface area contributed by atoms with E-state index in [4.69, 9.17) is 4.74 Å². The summed E-state index contributed by atoms with van der Waals surface area (Å²) in [5.74, 6) is 1.56. The van der Waals surface area contributed by atoms with Crippen LogP contribution in [0, 0.1) is 11.8 Å². The summed E-state index contributed by atoms with van der Waals surface area (Å²) >= 11 is 0. The molecule has 2 aliphatic carbocycles. The van der Waals surface area contributed by atoms with Gasteiger partial charge in [-0.3, -0.25) is 0 Å². The number of nitrogens with zero attached hydrogens (tertiary/aromatic N) is 1. The van der Waals surface area contributed by atoms with Crippen molar-refractivity contribution in [3.05, 3.63) is 0 Å². The minimum atomic E-state index is -0.221. The fraction of sp³-hybridized carbons (Fsp3) is 1.00. The number of aliphatic hydroxyl groups excluding tert-OH is 1. The Bertz CT molecular complexity index is 277. The lowest BCUT2D eigenvalue weighted by Gasteiger charge is -2.54. The van der Waals surface area contributed by atoms with Crippen molar-refractivity contribution >= 4 is 0 Å². The zero-order valence-corrected chi connectivity index (χ0v) is 10.4. The van der Waals surface area contributed by atoms with Gasteiger partial charge in [0.15, 0.2) is 0 Å². The minimum Gasteiger partial charge on any atom is -0.392 e. The molecule has 0 aromatic rings. The van der Waals surface area contributed by atoms with Gasteiger partial charge in [-0.25, -0.2) is 0 Å². The van der Waals surface area contributed by atoms with Gasteiger partial charge in [-0.05, 0) is 45.6 Å². The van der Waals surface area contributed by atoms with E-state index < -0.39 is 0 Å². The van der Waals surface area contributed by atoms with Crippen LogP contribution in [-0.4, -0.2) is 48.0 Å². The van der Waals surface area contributed by atoms with Crippen LogP contribution in [0.4, 0.5) is 0 Å². The summed E-state index contributed by atoms with van der Waals surface area (Å²) < 4.78 is 6.01. The summed E-state index contributed by atoms with van der Waals surface area (Å²) in [6, 6.07) is 0.643. The topological polar surface area (TPSA) is 32.7 Å². The SMILES string of the molecule is CC(O)CN(C)C1CCCC23CC(CO2)C13. The third-order valence-electron chi connectivity index (χ3n) is 4.94. The standard InChI is InChI=1S/C13H23NO2/c1-9(15)7-14(2)11-4-3-5-13-6-10(8-16-13)12(11)13/h9-12,15H,3-8H2,1-2H3. The summed E-state index contributed by atoms with van der Waals surface area (Å²) in [4.78, 5) is 2.37. The van der Waals surface area contributed by atoms with E-state index in [1.165, 1.54) is 25.7 Å². The van der Waals surface area contributed by atoms with E-state index in [9.17, 15) is 5.11 Å². The first-order chi connectivity index (χ1) is 7.62. The molecule has 2 aliphatic heterocycles. The predicted octanol–water partition coefficient (Wildman–Crippen LogP) is 1.26. The first-order valence-electron chi connectivity index (χ1n) is 6.65. The number of likely N-dealkylation sites (N-methyl/N-ethyl adjacent to an activating group) is 1. The zero-order chi connectivity index (χ0) is 11.3. The van der Waals surface area contributed by atoms with E-state index in [0.29, 0.717) is 6.04 Å². The molecule has 2 heterocycles. The molecule has 4 rings (SSSR count). The molecule has 3 heteroatoms. The summed E-state index contributed by atoms with van der Waals surface area (Å²) in [6.07, 6.45) is 4.93. The van der Waals surface area contributed by atoms with Crippen molar-refractivity contribution in [1.29, 1.82) is 0 Å². The third-order valence-corrected chi connectivity index (χ3v) is 4.94. The average Bonchev–Trinajstić information content (AvgIpc) is 2.73. The first kappa shape index (κ1) is 11.0. The number of rotatable bonds is 3. The van der Waals surface area contributed by atoms with E-state index in [0.717, 1.165) is 25.0 Å². The number of aliphatic hydroxyl groups is 1. The van der Waals surface area contributed by atoms with Crippen LogP contribution in [0.2, 0.25) is 0 Å². The lowest BCUT2D eigenvalue weighted by atomic mass is 9.55. The molecule has 4 aliphatic rings. The zero-order valence-electron chi connectivity index (χ0n) is 10.4. The Balaban J connectivity index is 1.71. The second-order valence-electron chi connectivity index (χ2n) is 6.11. The van der Waals surface area contributed by atoms with Gasteiger partial charge in [0, 0.05) is 18.5 Å². The minimum absolute atomic E-state index is 0.221. The second-order valence-corrected chi connectivity index (χ2v) is 6.11. The fourth-order valence-corrected chi connectivity index (χ4v) is 4.41. The summed E-state index contributed by atoms with van der Waals surface area (Å²) in [5.41, 5.74) is 0.251. The van der Waals surface area contributed by atoms with Crippen molar-refractivity contribution in [3.63, 3.8) is 0 Å². The van der Waals surface area contributed by atoms with Crippen LogP contribution in [0.25, 0.3) is 0 Å². The molecule has 0 amide bonds. The Morgan fingerprint density at radius 2 is 2.38 bits per heavy atom. The molecule has 4 fully saturated rings. The maximum atomic E-state index is 9.50. The van der Waals surface area contributed by atoms with Crippen LogP contribution in [0.15, 0.2) is 0 Å². The molecule has 16 heavy (non-hydrogen) atoms. The molecular weight excluding hydrogens is 202 g/mol. The van der Waals surface area contributed by atoms with Crippen molar-refractivity contribution < 1.29 is 9.84 Å². The lowest BCUT2D eigenvalue weighted by Crippen LogP contribution is -2.60. The van der Waals surface area contributed by atoms with E-state index in [2.05, 4.69) is 11.9 Å². The van der Waals surface area contributed by atoms with Crippen LogP contribution in [-0.2, 0) is 4.74 Å². The number of ether oxygens (including phenoxy) is 1. The van der Waals surface area contributed by atoms with Crippen LogP contribution in [0.3, 0.4) is 0 Å². The van der Waals surface area contributed by atoms with Gasteiger partial charge < -0.3 is 14.7 Å². The van der Waals surface area contributed by atoms with Gasteiger partial charge in [0.1, 0.15) is 0 Å². The van der Waals surface area contributed by atoms with Crippen molar-refractivity contribution in [3.8, 4) is 0 Å². The van der Waals surface area contributed by atoms with Crippen LogP contribution in [0.1, 0.15) is 32.6 Å². The summed E-state index contributed by atoms with van der Waals surface area (Å²) in [5, 5.41) is 9.50. The van der Waals surface area contributed by atoms with Crippen molar-refractivity contribution in [2.24, 2.45) is 11.8 Å². The van der Waals surface area contributed by atoms with E-state index >= 15 is 0 Å². The van der Waals surface area contributed by atoms with Crippen molar-refractivity contribution in [2.45, 2.75) is 50.4 Å². The molecule has 2 saturated carbocycles. The highest BCUT2D eigenvalue weighted by Gasteiger charge is 2.64. The van der Waals surface area contributed by atoms with Gasteiger partial charge in [0.25, 0.3) is 0 Å². The van der Waals surface area contributed by atoms with E-state index in [1.54, 1.807) is 0 Å². The molecule has 3 nitrogen and oxygen atoms in total. The Hall–Kier alpha value is -0.120. The lowest BCUT2D eigenvalue weighted by molar-refractivity contribution is -0.116. The Morgan fingerprint density at radius 1 is 1.56 bits per heavy atom. The van der Waals surface area contributed by atoms with E-state index in [-0.39, 0.29) is 11.7 Å². The quantitative estimate of drug-likeness (QED) is 0.785. The van der Waals surface area contributed by atoms with Gasteiger partial charge >= 0.3 is 0 Å². The van der Waals surface area contributed by atoms with Gasteiger partial charge in [0.2, 0.25) is 0 Å². The largest absolute Gasteiger partial charge is 0.392 e. The van der Waals surface area contributed by atoms with Crippen molar-refractivity contribution in [2.75, 3.05) is 20.2 Å². The highest BCUT2D eigenvalue weighted by atomic mass is 16.5. The number of fused-ring (bicyclic) bond motifs is 1. The van der Waals surface area contributed by atoms with Crippen LogP contribution in [0.5, 0.6) is 0 Å². The van der Waals surface area contributed by atoms with Gasteiger partial charge in [-0.2, -0.15) is 0 Å². The molecule has 5 atom stereocenters.